The maximum Gasteiger partial charge on any atom is 0.232 e. The van der Waals surface area contributed by atoms with Crippen molar-refractivity contribution < 1.29 is 0 Å². The van der Waals surface area contributed by atoms with Gasteiger partial charge >= 0.3 is 0 Å². The lowest BCUT2D eigenvalue weighted by Gasteiger charge is -2.07. The number of benzene rings is 4. The van der Waals surface area contributed by atoms with Crippen molar-refractivity contribution in [2.45, 2.75) is 0 Å². The van der Waals surface area contributed by atoms with Gasteiger partial charge in [-0.3, -0.25) is 0 Å². The zero-order chi connectivity index (χ0) is 23.3. The summed E-state index contributed by atoms with van der Waals surface area (Å²) < 4.78 is 0. The molecule has 5 rings (SSSR count). The van der Waals surface area contributed by atoms with Crippen LogP contribution in [-0.2, 0) is 0 Å². The maximum atomic E-state index is 4.32. The van der Waals surface area contributed by atoms with Gasteiger partial charge in [0.25, 0.3) is 0 Å². The molecular weight excluding hydrogens is 418 g/mol. The molecule has 5 nitrogen and oxygen atoms in total. The standard InChI is InChI=1S/C15H13N5.C14H12/c1-3-7-12(8-4-1)18-14-16-11-17-15(20-14)19-13-9-5-2-6-10-13;1-3-7-13(8-4-1)11-12-14-9-5-2-6-10-14/h1-11H,(H2,16,17,18,19,20);1-12H. The van der Waals surface area contributed by atoms with Gasteiger partial charge in [0.2, 0.25) is 11.9 Å². The van der Waals surface area contributed by atoms with Crippen LogP contribution in [0.5, 0.6) is 0 Å². The van der Waals surface area contributed by atoms with E-state index in [4.69, 9.17) is 0 Å². The average Bonchev–Trinajstić information content (AvgIpc) is 2.91. The van der Waals surface area contributed by atoms with Crippen molar-refractivity contribution in [3.8, 4) is 0 Å². The van der Waals surface area contributed by atoms with Crippen molar-refractivity contribution in [1.82, 2.24) is 15.0 Å². The first-order chi connectivity index (χ1) is 16.8. The highest BCUT2D eigenvalue weighted by Crippen LogP contribution is 2.15. The van der Waals surface area contributed by atoms with E-state index < -0.39 is 0 Å². The van der Waals surface area contributed by atoms with Crippen molar-refractivity contribution >= 4 is 35.4 Å². The third kappa shape index (κ3) is 7.43. The Morgan fingerprint density at radius 3 is 1.18 bits per heavy atom. The van der Waals surface area contributed by atoms with Gasteiger partial charge in [0.1, 0.15) is 6.33 Å². The molecule has 0 unspecified atom stereocenters. The number of anilines is 4. The van der Waals surface area contributed by atoms with E-state index in [1.54, 1.807) is 0 Å². The lowest BCUT2D eigenvalue weighted by atomic mass is 10.1. The Hall–Kier alpha value is -4.77. The summed E-state index contributed by atoms with van der Waals surface area (Å²) in [5, 5.41) is 6.26. The second-order valence-corrected chi connectivity index (χ2v) is 7.27. The predicted molar refractivity (Wildman–Crippen MR) is 141 cm³/mol. The Labute approximate surface area is 199 Å². The van der Waals surface area contributed by atoms with Crippen LogP contribution in [0.1, 0.15) is 11.1 Å². The van der Waals surface area contributed by atoms with E-state index in [0.717, 1.165) is 11.4 Å². The Kier molecular flexibility index (Phi) is 8.12. The van der Waals surface area contributed by atoms with Gasteiger partial charge in [-0.1, -0.05) is 109 Å². The highest BCUT2D eigenvalue weighted by molar-refractivity contribution is 5.69. The summed E-state index contributed by atoms with van der Waals surface area (Å²) in [7, 11) is 0. The molecule has 0 radical (unpaired) electrons. The second-order valence-electron chi connectivity index (χ2n) is 7.27. The van der Waals surface area contributed by atoms with Crippen molar-refractivity contribution in [3.05, 3.63) is 139 Å². The molecule has 4 aromatic carbocycles. The Bertz CT molecular complexity index is 1180. The van der Waals surface area contributed by atoms with Crippen LogP contribution in [0.4, 0.5) is 23.3 Å². The predicted octanol–water partition coefficient (Wildman–Crippen LogP) is 7.22. The van der Waals surface area contributed by atoms with E-state index >= 15 is 0 Å². The fraction of sp³-hybridized carbons (Fsp3) is 0. The van der Waals surface area contributed by atoms with Crippen molar-refractivity contribution in [2.24, 2.45) is 0 Å². The lowest BCUT2D eigenvalue weighted by molar-refractivity contribution is 1.06. The number of rotatable bonds is 6. The first-order valence-corrected chi connectivity index (χ1v) is 11.0. The van der Waals surface area contributed by atoms with Crippen molar-refractivity contribution in [2.75, 3.05) is 10.6 Å². The minimum Gasteiger partial charge on any atom is -0.324 e. The van der Waals surface area contributed by atoms with E-state index in [-0.39, 0.29) is 0 Å². The number of hydrogen-bond acceptors (Lipinski definition) is 5. The molecule has 34 heavy (non-hydrogen) atoms. The van der Waals surface area contributed by atoms with Gasteiger partial charge < -0.3 is 10.6 Å². The van der Waals surface area contributed by atoms with E-state index in [1.165, 1.54) is 17.5 Å². The van der Waals surface area contributed by atoms with Crippen LogP contribution in [0.15, 0.2) is 128 Å². The SMILES string of the molecule is C(=Cc1ccccc1)c1ccccc1.c1ccc(Nc2ncnc(Nc3ccccc3)n2)cc1. The molecule has 0 saturated heterocycles. The van der Waals surface area contributed by atoms with Crippen LogP contribution in [0.3, 0.4) is 0 Å². The molecule has 1 heterocycles. The molecule has 0 aliphatic carbocycles. The minimum absolute atomic E-state index is 0.504. The fourth-order valence-corrected chi connectivity index (χ4v) is 3.04. The number of para-hydroxylation sites is 2. The van der Waals surface area contributed by atoms with Gasteiger partial charge in [-0.15, -0.1) is 0 Å². The Balaban J connectivity index is 0.000000172. The van der Waals surface area contributed by atoms with E-state index in [9.17, 15) is 0 Å². The monoisotopic (exact) mass is 443 g/mol. The normalized spacial score (nSPS) is 10.2. The van der Waals surface area contributed by atoms with Gasteiger partial charge in [-0.25, -0.2) is 9.97 Å². The topological polar surface area (TPSA) is 62.7 Å². The molecule has 0 atom stereocenters. The van der Waals surface area contributed by atoms with E-state index in [0.29, 0.717) is 11.9 Å². The first kappa shape index (κ1) is 22.4. The molecule has 0 spiro atoms. The molecule has 5 heteroatoms. The molecule has 0 fully saturated rings. The van der Waals surface area contributed by atoms with Gasteiger partial charge in [-0.05, 0) is 35.4 Å². The van der Waals surface area contributed by atoms with Crippen LogP contribution in [0.2, 0.25) is 0 Å². The second kappa shape index (κ2) is 12.3. The van der Waals surface area contributed by atoms with E-state index in [2.05, 4.69) is 62.0 Å². The van der Waals surface area contributed by atoms with E-state index in [1.807, 2.05) is 97.1 Å². The molecule has 0 aliphatic heterocycles. The van der Waals surface area contributed by atoms with Crippen LogP contribution in [0.25, 0.3) is 12.2 Å². The zero-order valence-electron chi connectivity index (χ0n) is 18.6. The third-order valence-corrected chi connectivity index (χ3v) is 4.70. The number of nitrogens with one attached hydrogen (secondary N) is 2. The summed E-state index contributed by atoms with van der Waals surface area (Å²) in [4.78, 5) is 12.5. The highest BCUT2D eigenvalue weighted by Gasteiger charge is 2.01. The first-order valence-electron chi connectivity index (χ1n) is 11.0. The molecule has 0 bridgehead atoms. The molecule has 1 aromatic heterocycles. The average molecular weight is 444 g/mol. The number of aromatic nitrogens is 3. The van der Waals surface area contributed by atoms with Crippen LogP contribution >= 0.6 is 0 Å². The largest absolute Gasteiger partial charge is 0.324 e. The molecule has 166 valence electrons. The molecular formula is C29H25N5. The third-order valence-electron chi connectivity index (χ3n) is 4.70. The van der Waals surface area contributed by atoms with Gasteiger partial charge in [0, 0.05) is 11.4 Å². The van der Waals surface area contributed by atoms with Crippen LogP contribution in [0, 0.1) is 0 Å². The molecule has 0 amide bonds. The molecule has 0 saturated carbocycles. The van der Waals surface area contributed by atoms with Crippen LogP contribution in [-0.4, -0.2) is 15.0 Å². The quantitative estimate of drug-likeness (QED) is 0.271. The summed E-state index contributed by atoms with van der Waals surface area (Å²) in [6.45, 7) is 0. The number of hydrogen-bond donors (Lipinski definition) is 2. The maximum absolute atomic E-state index is 4.32. The smallest absolute Gasteiger partial charge is 0.232 e. The minimum atomic E-state index is 0.504. The van der Waals surface area contributed by atoms with Gasteiger partial charge in [-0.2, -0.15) is 4.98 Å². The summed E-state index contributed by atoms with van der Waals surface area (Å²) in [5.41, 5.74) is 4.33. The molecule has 2 N–H and O–H groups in total. The Morgan fingerprint density at radius 2 is 0.794 bits per heavy atom. The zero-order valence-corrected chi connectivity index (χ0v) is 18.6. The summed E-state index contributed by atoms with van der Waals surface area (Å²) in [6.07, 6.45) is 5.72. The van der Waals surface area contributed by atoms with Crippen molar-refractivity contribution in [1.29, 1.82) is 0 Å². The summed E-state index contributed by atoms with van der Waals surface area (Å²) in [5.74, 6) is 1.01. The molecule has 0 aliphatic rings. The summed E-state index contributed by atoms with van der Waals surface area (Å²) in [6, 6.07) is 40.2. The van der Waals surface area contributed by atoms with Crippen LogP contribution < -0.4 is 10.6 Å². The van der Waals surface area contributed by atoms with Crippen molar-refractivity contribution in [3.63, 3.8) is 0 Å². The van der Waals surface area contributed by atoms with Gasteiger partial charge in [0.15, 0.2) is 0 Å². The Morgan fingerprint density at radius 1 is 0.441 bits per heavy atom. The highest BCUT2D eigenvalue weighted by atomic mass is 15.2. The number of nitrogens with zero attached hydrogens (tertiary/aromatic N) is 3. The summed E-state index contributed by atoms with van der Waals surface area (Å²) >= 11 is 0. The fourth-order valence-electron chi connectivity index (χ4n) is 3.04. The molecule has 5 aromatic rings. The van der Waals surface area contributed by atoms with Gasteiger partial charge in [0.05, 0.1) is 0 Å². The lowest BCUT2D eigenvalue weighted by Crippen LogP contribution is -2.02.